The molecule has 0 saturated carbocycles. The van der Waals surface area contributed by atoms with E-state index in [9.17, 15) is 4.79 Å². The summed E-state index contributed by atoms with van der Waals surface area (Å²) in [5.41, 5.74) is 3.18. The summed E-state index contributed by atoms with van der Waals surface area (Å²) in [6.07, 6.45) is 1.39. The number of hydrogen-bond acceptors (Lipinski definition) is 2. The number of amides is 1. The second-order valence-electron chi connectivity index (χ2n) is 4.70. The standard InChI is InChI=1S/C17H20N2O/c1-18-13-5-8-17(20)19-16-11-9-15(10-12-16)14-6-3-2-4-7-14/h2-4,6-7,9-12,18H,5,8,13H2,1H3,(H,19,20). The highest BCUT2D eigenvalue weighted by Crippen LogP contribution is 2.21. The van der Waals surface area contributed by atoms with Gasteiger partial charge < -0.3 is 10.6 Å². The third-order valence-electron chi connectivity index (χ3n) is 3.11. The Morgan fingerprint density at radius 1 is 0.950 bits per heavy atom. The maximum atomic E-state index is 11.7. The number of rotatable bonds is 6. The molecule has 0 radical (unpaired) electrons. The molecule has 0 spiro atoms. The zero-order valence-corrected chi connectivity index (χ0v) is 11.7. The maximum Gasteiger partial charge on any atom is 0.224 e. The molecule has 0 aromatic heterocycles. The van der Waals surface area contributed by atoms with E-state index in [-0.39, 0.29) is 5.91 Å². The SMILES string of the molecule is CNCCCC(=O)Nc1ccc(-c2ccccc2)cc1. The first-order chi connectivity index (χ1) is 9.79. The van der Waals surface area contributed by atoms with Gasteiger partial charge in [0.2, 0.25) is 5.91 Å². The highest BCUT2D eigenvalue weighted by Gasteiger charge is 2.02. The highest BCUT2D eigenvalue weighted by atomic mass is 16.1. The van der Waals surface area contributed by atoms with Crippen molar-refractivity contribution in [3.8, 4) is 11.1 Å². The molecule has 0 bridgehead atoms. The Hall–Kier alpha value is -2.13. The molecule has 1 amide bonds. The normalized spacial score (nSPS) is 10.2. The predicted molar refractivity (Wildman–Crippen MR) is 83.7 cm³/mol. The Morgan fingerprint density at radius 3 is 2.25 bits per heavy atom. The number of anilines is 1. The summed E-state index contributed by atoms with van der Waals surface area (Å²) < 4.78 is 0. The lowest BCUT2D eigenvalue weighted by atomic mass is 10.1. The fraction of sp³-hybridized carbons (Fsp3) is 0.235. The van der Waals surface area contributed by atoms with Gasteiger partial charge in [0.15, 0.2) is 0 Å². The molecule has 104 valence electrons. The second kappa shape index (κ2) is 7.46. The molecule has 3 nitrogen and oxygen atoms in total. The lowest BCUT2D eigenvalue weighted by Gasteiger charge is -2.07. The minimum Gasteiger partial charge on any atom is -0.326 e. The van der Waals surface area contributed by atoms with Crippen LogP contribution >= 0.6 is 0 Å². The van der Waals surface area contributed by atoms with E-state index in [4.69, 9.17) is 0 Å². The van der Waals surface area contributed by atoms with Crippen molar-refractivity contribution in [2.24, 2.45) is 0 Å². The zero-order valence-electron chi connectivity index (χ0n) is 11.7. The van der Waals surface area contributed by atoms with Crippen molar-refractivity contribution < 1.29 is 4.79 Å². The van der Waals surface area contributed by atoms with Gasteiger partial charge in [-0.1, -0.05) is 42.5 Å². The van der Waals surface area contributed by atoms with Crippen LogP contribution in [0.5, 0.6) is 0 Å². The van der Waals surface area contributed by atoms with Crippen LogP contribution in [0.3, 0.4) is 0 Å². The summed E-state index contributed by atoms with van der Waals surface area (Å²) in [6.45, 7) is 0.861. The summed E-state index contributed by atoms with van der Waals surface area (Å²) in [5.74, 6) is 0.0627. The molecule has 0 heterocycles. The fourth-order valence-corrected chi connectivity index (χ4v) is 2.03. The third-order valence-corrected chi connectivity index (χ3v) is 3.11. The molecule has 20 heavy (non-hydrogen) atoms. The van der Waals surface area contributed by atoms with E-state index in [1.807, 2.05) is 49.5 Å². The smallest absolute Gasteiger partial charge is 0.224 e. The molecule has 2 aromatic rings. The van der Waals surface area contributed by atoms with Crippen LogP contribution in [0.4, 0.5) is 5.69 Å². The second-order valence-corrected chi connectivity index (χ2v) is 4.70. The maximum absolute atomic E-state index is 11.7. The first kappa shape index (κ1) is 14.3. The first-order valence-electron chi connectivity index (χ1n) is 6.89. The van der Waals surface area contributed by atoms with Gasteiger partial charge >= 0.3 is 0 Å². The van der Waals surface area contributed by atoms with E-state index in [0.717, 1.165) is 24.2 Å². The van der Waals surface area contributed by atoms with Gasteiger partial charge in [0.25, 0.3) is 0 Å². The Labute approximate surface area is 120 Å². The van der Waals surface area contributed by atoms with Crippen molar-refractivity contribution in [2.45, 2.75) is 12.8 Å². The summed E-state index contributed by atoms with van der Waals surface area (Å²) >= 11 is 0. The van der Waals surface area contributed by atoms with E-state index in [1.54, 1.807) is 0 Å². The molecule has 0 fully saturated rings. The predicted octanol–water partition coefficient (Wildman–Crippen LogP) is 3.29. The highest BCUT2D eigenvalue weighted by molar-refractivity contribution is 5.90. The summed E-state index contributed by atoms with van der Waals surface area (Å²) in [7, 11) is 1.89. The number of carbonyl (C=O) groups excluding carboxylic acids is 1. The quantitative estimate of drug-likeness (QED) is 0.789. The lowest BCUT2D eigenvalue weighted by Crippen LogP contribution is -2.15. The topological polar surface area (TPSA) is 41.1 Å². The van der Waals surface area contributed by atoms with Crippen LogP contribution in [0, 0.1) is 0 Å². The van der Waals surface area contributed by atoms with Crippen LogP contribution in [-0.4, -0.2) is 19.5 Å². The molecule has 2 N–H and O–H groups in total. The van der Waals surface area contributed by atoms with Crippen LogP contribution in [-0.2, 0) is 4.79 Å². The summed E-state index contributed by atoms with van der Waals surface area (Å²) in [6, 6.07) is 18.1. The Balaban J connectivity index is 1.93. The van der Waals surface area contributed by atoms with Crippen molar-refractivity contribution >= 4 is 11.6 Å². The van der Waals surface area contributed by atoms with E-state index < -0.39 is 0 Å². The molecule has 0 unspecified atom stereocenters. The van der Waals surface area contributed by atoms with Crippen molar-refractivity contribution in [3.63, 3.8) is 0 Å². The van der Waals surface area contributed by atoms with Crippen LogP contribution < -0.4 is 10.6 Å². The van der Waals surface area contributed by atoms with Gasteiger partial charge in [-0.2, -0.15) is 0 Å². The van der Waals surface area contributed by atoms with Gasteiger partial charge in [-0.15, -0.1) is 0 Å². The molecule has 3 heteroatoms. The molecule has 2 aromatic carbocycles. The minimum atomic E-state index is 0.0627. The van der Waals surface area contributed by atoms with E-state index in [0.29, 0.717) is 6.42 Å². The molecule has 0 aliphatic rings. The average molecular weight is 268 g/mol. The van der Waals surface area contributed by atoms with Gasteiger partial charge in [0.05, 0.1) is 0 Å². The number of benzene rings is 2. The van der Waals surface area contributed by atoms with Crippen LogP contribution in [0.25, 0.3) is 11.1 Å². The van der Waals surface area contributed by atoms with Gasteiger partial charge in [-0.05, 0) is 43.3 Å². The molecule has 0 atom stereocenters. The zero-order chi connectivity index (χ0) is 14.2. The lowest BCUT2D eigenvalue weighted by molar-refractivity contribution is -0.116. The van der Waals surface area contributed by atoms with Crippen molar-refractivity contribution in [2.75, 3.05) is 18.9 Å². The van der Waals surface area contributed by atoms with E-state index in [1.165, 1.54) is 5.56 Å². The fourth-order valence-electron chi connectivity index (χ4n) is 2.03. The largest absolute Gasteiger partial charge is 0.326 e. The number of hydrogen-bond donors (Lipinski definition) is 2. The van der Waals surface area contributed by atoms with Crippen molar-refractivity contribution in [1.29, 1.82) is 0 Å². The molecule has 0 aliphatic heterocycles. The Kier molecular flexibility index (Phi) is 5.33. The number of nitrogens with one attached hydrogen (secondary N) is 2. The summed E-state index contributed by atoms with van der Waals surface area (Å²) in [5, 5.41) is 5.95. The Bertz CT molecular complexity index is 535. The monoisotopic (exact) mass is 268 g/mol. The summed E-state index contributed by atoms with van der Waals surface area (Å²) in [4.78, 5) is 11.7. The minimum absolute atomic E-state index is 0.0627. The van der Waals surface area contributed by atoms with E-state index in [2.05, 4.69) is 22.8 Å². The van der Waals surface area contributed by atoms with Crippen molar-refractivity contribution in [1.82, 2.24) is 5.32 Å². The van der Waals surface area contributed by atoms with Gasteiger partial charge in [-0.25, -0.2) is 0 Å². The van der Waals surface area contributed by atoms with Crippen LogP contribution in [0.15, 0.2) is 54.6 Å². The number of carbonyl (C=O) groups is 1. The molecule has 2 rings (SSSR count). The third kappa shape index (κ3) is 4.21. The first-order valence-corrected chi connectivity index (χ1v) is 6.89. The molecule has 0 aliphatic carbocycles. The average Bonchev–Trinajstić information content (AvgIpc) is 2.49. The molecule has 0 saturated heterocycles. The van der Waals surface area contributed by atoms with Crippen molar-refractivity contribution in [3.05, 3.63) is 54.6 Å². The molecular formula is C17H20N2O. The van der Waals surface area contributed by atoms with Gasteiger partial charge in [0.1, 0.15) is 0 Å². The van der Waals surface area contributed by atoms with Gasteiger partial charge in [-0.3, -0.25) is 4.79 Å². The van der Waals surface area contributed by atoms with Crippen LogP contribution in [0.2, 0.25) is 0 Å². The molecular weight excluding hydrogens is 248 g/mol. The Morgan fingerprint density at radius 2 is 1.60 bits per heavy atom. The van der Waals surface area contributed by atoms with Gasteiger partial charge in [0, 0.05) is 12.1 Å². The van der Waals surface area contributed by atoms with E-state index >= 15 is 0 Å². The van der Waals surface area contributed by atoms with Crippen LogP contribution in [0.1, 0.15) is 12.8 Å².